The lowest BCUT2D eigenvalue weighted by Gasteiger charge is -2.11. The van der Waals surface area contributed by atoms with E-state index in [2.05, 4.69) is 15.4 Å². The maximum atomic E-state index is 12.5. The molecule has 2 aromatic carbocycles. The highest BCUT2D eigenvalue weighted by Gasteiger charge is 2.11. The normalized spacial score (nSPS) is 10.4. The number of ether oxygens (including phenoxy) is 1. The standard InChI is InChI=1S/C18H18N4O2/c1-13-6-7-17(24-2)16(8-13)21-18(23)15-5-3-4-14(9-15)10-22-12-19-11-20-22/h3-9,11-12H,10H2,1-2H3,(H,21,23). The highest BCUT2D eigenvalue weighted by atomic mass is 16.5. The molecule has 0 unspecified atom stereocenters. The van der Waals surface area contributed by atoms with E-state index in [9.17, 15) is 4.79 Å². The molecule has 24 heavy (non-hydrogen) atoms. The Morgan fingerprint density at radius 3 is 2.88 bits per heavy atom. The van der Waals surface area contributed by atoms with Crippen LogP contribution in [0.3, 0.4) is 0 Å². The van der Waals surface area contributed by atoms with Crippen molar-refractivity contribution in [2.24, 2.45) is 0 Å². The fraction of sp³-hybridized carbons (Fsp3) is 0.167. The van der Waals surface area contributed by atoms with Gasteiger partial charge in [-0.25, -0.2) is 9.67 Å². The van der Waals surface area contributed by atoms with Gasteiger partial charge in [0.05, 0.1) is 19.3 Å². The van der Waals surface area contributed by atoms with Gasteiger partial charge in [0.1, 0.15) is 18.4 Å². The van der Waals surface area contributed by atoms with Crippen molar-refractivity contribution in [1.82, 2.24) is 14.8 Å². The second-order valence-electron chi connectivity index (χ2n) is 5.45. The molecule has 0 bridgehead atoms. The van der Waals surface area contributed by atoms with Crippen molar-refractivity contribution < 1.29 is 9.53 Å². The molecule has 0 saturated heterocycles. The Morgan fingerprint density at radius 1 is 1.25 bits per heavy atom. The number of hydrogen-bond acceptors (Lipinski definition) is 4. The van der Waals surface area contributed by atoms with Crippen molar-refractivity contribution >= 4 is 11.6 Å². The van der Waals surface area contributed by atoms with Crippen LogP contribution in [0.1, 0.15) is 21.5 Å². The molecule has 0 fully saturated rings. The van der Waals surface area contributed by atoms with Crippen LogP contribution in [0.15, 0.2) is 55.1 Å². The van der Waals surface area contributed by atoms with E-state index in [-0.39, 0.29) is 5.91 Å². The first-order chi connectivity index (χ1) is 11.7. The molecular weight excluding hydrogens is 304 g/mol. The molecule has 3 rings (SSSR count). The molecule has 0 radical (unpaired) electrons. The lowest BCUT2D eigenvalue weighted by Crippen LogP contribution is -2.13. The van der Waals surface area contributed by atoms with Gasteiger partial charge in [0.15, 0.2) is 0 Å². The van der Waals surface area contributed by atoms with Crippen molar-refractivity contribution in [3.63, 3.8) is 0 Å². The summed E-state index contributed by atoms with van der Waals surface area (Å²) >= 11 is 0. The number of carbonyl (C=O) groups excluding carboxylic acids is 1. The Bertz CT molecular complexity index is 844. The summed E-state index contributed by atoms with van der Waals surface area (Å²) in [5.74, 6) is 0.451. The maximum absolute atomic E-state index is 12.5. The molecule has 0 aliphatic rings. The van der Waals surface area contributed by atoms with Crippen LogP contribution in [-0.2, 0) is 6.54 Å². The van der Waals surface area contributed by atoms with Crippen molar-refractivity contribution in [2.45, 2.75) is 13.5 Å². The Hall–Kier alpha value is -3.15. The lowest BCUT2D eigenvalue weighted by atomic mass is 10.1. The first-order valence-electron chi connectivity index (χ1n) is 7.53. The van der Waals surface area contributed by atoms with Crippen molar-refractivity contribution in [3.8, 4) is 5.75 Å². The zero-order valence-corrected chi connectivity index (χ0v) is 13.6. The number of methoxy groups -OCH3 is 1. The van der Waals surface area contributed by atoms with E-state index in [1.165, 1.54) is 6.33 Å². The van der Waals surface area contributed by atoms with Crippen LogP contribution < -0.4 is 10.1 Å². The molecular formula is C18H18N4O2. The van der Waals surface area contributed by atoms with Crippen LogP contribution in [0.25, 0.3) is 0 Å². The van der Waals surface area contributed by atoms with Gasteiger partial charge in [-0.15, -0.1) is 0 Å². The SMILES string of the molecule is COc1ccc(C)cc1NC(=O)c1cccc(Cn2cncn2)c1. The van der Waals surface area contributed by atoms with E-state index in [1.807, 2.05) is 43.3 Å². The molecule has 0 aliphatic heterocycles. The first-order valence-corrected chi connectivity index (χ1v) is 7.53. The molecule has 122 valence electrons. The monoisotopic (exact) mass is 322 g/mol. The number of aromatic nitrogens is 3. The topological polar surface area (TPSA) is 69.0 Å². The minimum Gasteiger partial charge on any atom is -0.495 e. The average Bonchev–Trinajstić information content (AvgIpc) is 3.08. The number of hydrogen-bond donors (Lipinski definition) is 1. The largest absolute Gasteiger partial charge is 0.495 e. The molecule has 1 aromatic heterocycles. The number of aryl methyl sites for hydroxylation is 1. The number of rotatable bonds is 5. The fourth-order valence-corrected chi connectivity index (χ4v) is 2.43. The predicted molar refractivity (Wildman–Crippen MR) is 91.3 cm³/mol. The Morgan fingerprint density at radius 2 is 2.12 bits per heavy atom. The van der Waals surface area contributed by atoms with E-state index in [0.29, 0.717) is 23.5 Å². The third-order valence-electron chi connectivity index (χ3n) is 3.60. The lowest BCUT2D eigenvalue weighted by molar-refractivity contribution is 0.102. The quantitative estimate of drug-likeness (QED) is 0.784. The zero-order chi connectivity index (χ0) is 16.9. The van der Waals surface area contributed by atoms with Gasteiger partial charge < -0.3 is 10.1 Å². The summed E-state index contributed by atoms with van der Waals surface area (Å²) in [4.78, 5) is 16.5. The molecule has 1 N–H and O–H groups in total. The summed E-state index contributed by atoms with van der Waals surface area (Å²) in [6.45, 7) is 2.53. The molecule has 0 atom stereocenters. The third kappa shape index (κ3) is 3.60. The second-order valence-corrected chi connectivity index (χ2v) is 5.45. The third-order valence-corrected chi connectivity index (χ3v) is 3.60. The number of nitrogens with zero attached hydrogens (tertiary/aromatic N) is 3. The summed E-state index contributed by atoms with van der Waals surface area (Å²) in [5, 5.41) is 6.98. The van der Waals surface area contributed by atoms with E-state index in [4.69, 9.17) is 4.74 Å². The summed E-state index contributed by atoms with van der Waals surface area (Å²) in [7, 11) is 1.58. The second kappa shape index (κ2) is 6.95. The molecule has 3 aromatic rings. The number of benzene rings is 2. The van der Waals surface area contributed by atoms with Gasteiger partial charge in [0.25, 0.3) is 5.91 Å². The van der Waals surface area contributed by atoms with Crippen LogP contribution >= 0.6 is 0 Å². The van der Waals surface area contributed by atoms with Gasteiger partial charge in [-0.05, 0) is 42.3 Å². The minimum absolute atomic E-state index is 0.181. The molecule has 0 spiro atoms. The van der Waals surface area contributed by atoms with Gasteiger partial charge in [-0.2, -0.15) is 5.10 Å². The van der Waals surface area contributed by atoms with E-state index >= 15 is 0 Å². The van der Waals surface area contributed by atoms with Crippen molar-refractivity contribution in [3.05, 3.63) is 71.8 Å². The maximum Gasteiger partial charge on any atom is 0.255 e. The first kappa shape index (κ1) is 15.7. The van der Waals surface area contributed by atoms with Crippen LogP contribution in [-0.4, -0.2) is 27.8 Å². The Labute approximate surface area is 140 Å². The predicted octanol–water partition coefficient (Wildman–Crippen LogP) is 2.90. The van der Waals surface area contributed by atoms with Crippen LogP contribution in [0.5, 0.6) is 5.75 Å². The molecule has 0 aliphatic carbocycles. The Balaban J connectivity index is 1.79. The van der Waals surface area contributed by atoms with E-state index in [1.54, 1.807) is 24.2 Å². The number of anilines is 1. The van der Waals surface area contributed by atoms with Crippen molar-refractivity contribution in [1.29, 1.82) is 0 Å². The highest BCUT2D eigenvalue weighted by molar-refractivity contribution is 6.05. The summed E-state index contributed by atoms with van der Waals surface area (Å²) in [6.07, 6.45) is 3.13. The number of nitrogens with one attached hydrogen (secondary N) is 1. The summed E-state index contributed by atoms with van der Waals surface area (Å²) in [5.41, 5.74) is 3.26. The zero-order valence-electron chi connectivity index (χ0n) is 13.6. The molecule has 6 heteroatoms. The van der Waals surface area contributed by atoms with Crippen LogP contribution in [0, 0.1) is 6.92 Å². The summed E-state index contributed by atoms with van der Waals surface area (Å²) < 4.78 is 7.01. The summed E-state index contributed by atoms with van der Waals surface area (Å²) in [6, 6.07) is 13.1. The van der Waals surface area contributed by atoms with Crippen molar-refractivity contribution in [2.75, 3.05) is 12.4 Å². The van der Waals surface area contributed by atoms with Gasteiger partial charge >= 0.3 is 0 Å². The van der Waals surface area contributed by atoms with Gasteiger partial charge in [-0.1, -0.05) is 18.2 Å². The van der Waals surface area contributed by atoms with Gasteiger partial charge in [0, 0.05) is 5.56 Å². The molecule has 1 amide bonds. The molecule has 0 saturated carbocycles. The minimum atomic E-state index is -0.181. The van der Waals surface area contributed by atoms with E-state index in [0.717, 1.165) is 11.1 Å². The van der Waals surface area contributed by atoms with E-state index < -0.39 is 0 Å². The van der Waals surface area contributed by atoms with Crippen LogP contribution in [0.2, 0.25) is 0 Å². The number of carbonyl (C=O) groups is 1. The smallest absolute Gasteiger partial charge is 0.255 e. The fourth-order valence-electron chi connectivity index (χ4n) is 2.43. The van der Waals surface area contributed by atoms with Gasteiger partial charge in [-0.3, -0.25) is 4.79 Å². The van der Waals surface area contributed by atoms with Crippen LogP contribution in [0.4, 0.5) is 5.69 Å². The Kier molecular flexibility index (Phi) is 4.56. The molecule has 1 heterocycles. The molecule has 6 nitrogen and oxygen atoms in total. The average molecular weight is 322 g/mol. The number of amides is 1. The van der Waals surface area contributed by atoms with Gasteiger partial charge in [0.2, 0.25) is 0 Å². The highest BCUT2D eigenvalue weighted by Crippen LogP contribution is 2.25.